The van der Waals surface area contributed by atoms with Crippen LogP contribution < -0.4 is 0 Å². The van der Waals surface area contributed by atoms with E-state index in [1.807, 2.05) is 51.1 Å². The number of rotatable bonds is 10. The van der Waals surface area contributed by atoms with Crippen LogP contribution in [0.4, 0.5) is 0 Å². The van der Waals surface area contributed by atoms with Crippen LogP contribution in [0.2, 0.25) is 0 Å². The Kier molecular flexibility index (Phi) is 7.54. The summed E-state index contributed by atoms with van der Waals surface area (Å²) in [4.78, 5) is 45.1. The number of carbonyl (C=O) groups is 3. The van der Waals surface area contributed by atoms with E-state index in [0.29, 0.717) is 31.2 Å². The lowest BCUT2D eigenvalue weighted by Crippen LogP contribution is -2.61. The Labute approximate surface area is 232 Å². The summed E-state index contributed by atoms with van der Waals surface area (Å²) in [6.07, 6.45) is 3.67. The second-order valence-electron chi connectivity index (χ2n) is 13.3. The molecule has 1 spiro atoms. The maximum absolute atomic E-state index is 14.8. The molecule has 3 saturated heterocycles. The van der Waals surface area contributed by atoms with E-state index in [1.54, 1.807) is 11.0 Å². The molecule has 0 aromatic heterocycles. The van der Waals surface area contributed by atoms with E-state index in [0.717, 1.165) is 0 Å². The molecule has 0 saturated carbocycles. The zero-order chi connectivity index (χ0) is 29.0. The van der Waals surface area contributed by atoms with Crippen molar-refractivity contribution < 1.29 is 29.3 Å². The number of aliphatic hydroxyl groups excluding tert-OH is 1. The number of ether oxygens (including phenoxy) is 1. The molecule has 3 aliphatic rings. The van der Waals surface area contributed by atoms with Crippen LogP contribution in [0.15, 0.2) is 43.0 Å². The van der Waals surface area contributed by atoms with Crippen LogP contribution in [-0.2, 0) is 19.1 Å². The van der Waals surface area contributed by atoms with Gasteiger partial charge in [-0.3, -0.25) is 14.4 Å². The lowest BCUT2D eigenvalue weighted by atomic mass is 9.65. The molecular formula is C31H44N2O6. The standard InChI is InChI=1S/C31H44N2O6/c1-8-17-32(29(6,7)19-28(3,4)5)26(36)24-31-16-15-30(9-2,39-31)23(27(37)38)22(31)25(35)33(24)21(18-34)20-13-11-10-12-14-20/h8,10-14,21-24,34H,1,9,15-19H2,2-7H3,(H,37,38)/t21-,22+,23+,24?,30-,31?/m1/s1. The molecule has 2 amide bonds. The summed E-state index contributed by atoms with van der Waals surface area (Å²) >= 11 is 0. The van der Waals surface area contributed by atoms with E-state index in [9.17, 15) is 24.6 Å². The summed E-state index contributed by atoms with van der Waals surface area (Å²) in [5, 5.41) is 21.0. The Morgan fingerprint density at radius 2 is 1.85 bits per heavy atom. The van der Waals surface area contributed by atoms with Crippen molar-refractivity contribution in [2.24, 2.45) is 17.3 Å². The summed E-state index contributed by atoms with van der Waals surface area (Å²) in [5.41, 5.74) is -2.29. The predicted octanol–water partition coefficient (Wildman–Crippen LogP) is 4.19. The van der Waals surface area contributed by atoms with Gasteiger partial charge >= 0.3 is 5.97 Å². The van der Waals surface area contributed by atoms with Crippen LogP contribution in [0.3, 0.4) is 0 Å². The molecule has 6 atom stereocenters. The van der Waals surface area contributed by atoms with Gasteiger partial charge in [0.15, 0.2) is 0 Å². The van der Waals surface area contributed by atoms with Gasteiger partial charge in [-0.2, -0.15) is 0 Å². The minimum Gasteiger partial charge on any atom is -0.481 e. The number of carbonyl (C=O) groups excluding carboxylic acids is 2. The van der Waals surface area contributed by atoms with Gasteiger partial charge in [-0.25, -0.2) is 0 Å². The lowest BCUT2D eigenvalue weighted by molar-refractivity contribution is -0.162. The topological polar surface area (TPSA) is 107 Å². The van der Waals surface area contributed by atoms with Gasteiger partial charge in [0.2, 0.25) is 11.8 Å². The molecule has 3 aliphatic heterocycles. The number of aliphatic hydroxyl groups is 1. The van der Waals surface area contributed by atoms with E-state index < -0.39 is 59.1 Å². The highest BCUT2D eigenvalue weighted by Crippen LogP contribution is 2.65. The van der Waals surface area contributed by atoms with Gasteiger partial charge in [-0.1, -0.05) is 64.1 Å². The highest BCUT2D eigenvalue weighted by molar-refractivity contribution is 5.99. The molecule has 1 aromatic carbocycles. The van der Waals surface area contributed by atoms with Gasteiger partial charge in [0.05, 0.1) is 24.2 Å². The van der Waals surface area contributed by atoms with Gasteiger partial charge in [-0.15, -0.1) is 6.58 Å². The number of hydrogen-bond donors (Lipinski definition) is 2. The van der Waals surface area contributed by atoms with Crippen LogP contribution in [0.5, 0.6) is 0 Å². The summed E-state index contributed by atoms with van der Waals surface area (Å²) in [6, 6.07) is 7.21. The molecule has 1 aromatic rings. The maximum atomic E-state index is 14.8. The molecule has 39 heavy (non-hydrogen) atoms. The molecule has 8 heteroatoms. The highest BCUT2D eigenvalue weighted by Gasteiger charge is 2.79. The number of fused-ring (bicyclic) bond motifs is 1. The third kappa shape index (κ3) is 4.59. The molecule has 2 bridgehead atoms. The zero-order valence-corrected chi connectivity index (χ0v) is 24.1. The number of carboxylic acid groups (broad SMARTS) is 1. The molecule has 8 nitrogen and oxygen atoms in total. The number of aliphatic carboxylic acids is 1. The van der Waals surface area contributed by atoms with Crippen LogP contribution in [-0.4, -0.2) is 73.7 Å². The first-order valence-electron chi connectivity index (χ1n) is 14.0. The molecule has 0 radical (unpaired) electrons. The largest absolute Gasteiger partial charge is 0.481 e. The predicted molar refractivity (Wildman–Crippen MR) is 148 cm³/mol. The molecule has 214 valence electrons. The van der Waals surface area contributed by atoms with Crippen molar-refractivity contribution in [2.75, 3.05) is 13.2 Å². The van der Waals surface area contributed by atoms with Gasteiger partial charge in [0.25, 0.3) is 0 Å². The third-order valence-electron chi connectivity index (χ3n) is 9.08. The summed E-state index contributed by atoms with van der Waals surface area (Å²) < 4.78 is 6.70. The molecule has 2 N–H and O–H groups in total. The highest BCUT2D eigenvalue weighted by atomic mass is 16.5. The van der Waals surface area contributed by atoms with Crippen LogP contribution in [0.1, 0.15) is 78.8 Å². The average Bonchev–Trinajstić information content (AvgIpc) is 3.46. The minimum absolute atomic E-state index is 0.0874. The second kappa shape index (κ2) is 10.0. The van der Waals surface area contributed by atoms with Crippen molar-refractivity contribution in [3.63, 3.8) is 0 Å². The first-order chi connectivity index (χ1) is 18.2. The smallest absolute Gasteiger partial charge is 0.310 e. The number of nitrogens with zero attached hydrogens (tertiary/aromatic N) is 2. The normalized spacial score (nSPS) is 30.8. The van der Waals surface area contributed by atoms with E-state index >= 15 is 0 Å². The molecule has 2 unspecified atom stereocenters. The van der Waals surface area contributed by atoms with Crippen molar-refractivity contribution >= 4 is 17.8 Å². The fraction of sp³-hybridized carbons (Fsp3) is 0.645. The van der Waals surface area contributed by atoms with E-state index in [-0.39, 0.29) is 17.9 Å². The number of amides is 2. The lowest BCUT2D eigenvalue weighted by Gasteiger charge is -2.46. The van der Waals surface area contributed by atoms with Crippen LogP contribution >= 0.6 is 0 Å². The van der Waals surface area contributed by atoms with E-state index in [2.05, 4.69) is 27.4 Å². The average molecular weight is 541 g/mol. The second-order valence-corrected chi connectivity index (χ2v) is 13.3. The monoisotopic (exact) mass is 540 g/mol. The first kappa shape index (κ1) is 29.3. The van der Waals surface area contributed by atoms with Crippen molar-refractivity contribution in [3.05, 3.63) is 48.6 Å². The van der Waals surface area contributed by atoms with Crippen LogP contribution in [0.25, 0.3) is 0 Å². The summed E-state index contributed by atoms with van der Waals surface area (Å²) in [5.74, 6) is -3.89. The fourth-order valence-electron chi connectivity index (χ4n) is 7.98. The Hall–Kier alpha value is -2.71. The fourth-order valence-corrected chi connectivity index (χ4v) is 7.98. The maximum Gasteiger partial charge on any atom is 0.310 e. The molecule has 3 fully saturated rings. The number of likely N-dealkylation sites (tertiary alicyclic amines) is 1. The third-order valence-corrected chi connectivity index (χ3v) is 9.08. The van der Waals surface area contributed by atoms with Crippen molar-refractivity contribution in [1.82, 2.24) is 9.80 Å². The Morgan fingerprint density at radius 3 is 2.36 bits per heavy atom. The Bertz CT molecular complexity index is 1130. The Balaban J connectivity index is 1.90. The first-order valence-corrected chi connectivity index (χ1v) is 14.0. The number of carboxylic acids is 1. The van der Waals surface area contributed by atoms with Crippen LogP contribution in [0, 0.1) is 17.3 Å². The van der Waals surface area contributed by atoms with E-state index in [1.165, 1.54) is 4.90 Å². The van der Waals surface area contributed by atoms with Crippen molar-refractivity contribution in [3.8, 4) is 0 Å². The van der Waals surface area contributed by atoms with Crippen molar-refractivity contribution in [2.45, 2.75) is 96.1 Å². The number of benzene rings is 1. The Morgan fingerprint density at radius 1 is 1.21 bits per heavy atom. The minimum atomic E-state index is -1.29. The van der Waals surface area contributed by atoms with Gasteiger partial charge in [0, 0.05) is 12.1 Å². The summed E-state index contributed by atoms with van der Waals surface area (Å²) in [7, 11) is 0. The molecular weight excluding hydrogens is 496 g/mol. The van der Waals surface area contributed by atoms with Gasteiger partial charge in [0.1, 0.15) is 17.6 Å². The SMILES string of the molecule is C=CCN(C(=O)C1N([C@H](CO)c2ccccc2)C(=O)[C@@H]2[C@@H](C(=O)O)[C@@]3(CC)CCC12O3)C(C)(C)CC(C)(C)C. The molecule has 4 rings (SSSR count). The summed E-state index contributed by atoms with van der Waals surface area (Å²) in [6.45, 7) is 16.0. The molecule has 0 aliphatic carbocycles. The van der Waals surface area contributed by atoms with Gasteiger partial charge < -0.3 is 24.7 Å². The quantitative estimate of drug-likeness (QED) is 0.431. The molecule has 3 heterocycles. The number of hydrogen-bond acceptors (Lipinski definition) is 5. The van der Waals surface area contributed by atoms with E-state index in [4.69, 9.17) is 4.74 Å². The van der Waals surface area contributed by atoms with Crippen molar-refractivity contribution in [1.29, 1.82) is 0 Å². The zero-order valence-electron chi connectivity index (χ0n) is 24.1. The van der Waals surface area contributed by atoms with Gasteiger partial charge in [-0.05, 0) is 50.5 Å².